The molecule has 0 radical (unpaired) electrons. The number of halogens is 1. The van der Waals surface area contributed by atoms with Gasteiger partial charge in [0.15, 0.2) is 0 Å². The average Bonchev–Trinajstić information content (AvgIpc) is 2.28. The molecule has 1 saturated heterocycles. The van der Waals surface area contributed by atoms with Gasteiger partial charge in [0.1, 0.15) is 17.3 Å². The first-order valence-corrected chi connectivity index (χ1v) is 6.72. The Hall–Kier alpha value is -0.830. The van der Waals surface area contributed by atoms with E-state index in [0.717, 1.165) is 30.4 Å². The predicted molar refractivity (Wildman–Crippen MR) is 71.7 cm³/mol. The Balaban J connectivity index is 2.34. The predicted octanol–water partition coefficient (Wildman–Crippen LogP) is 3.49. The number of aromatic nitrogens is 2. The van der Waals surface area contributed by atoms with E-state index in [0.29, 0.717) is 11.1 Å². The topological polar surface area (TPSA) is 29.0 Å². The molecule has 94 valence electrons. The van der Waals surface area contributed by atoms with Crippen molar-refractivity contribution in [1.29, 1.82) is 0 Å². The summed E-state index contributed by atoms with van der Waals surface area (Å²) in [7, 11) is 0. The van der Waals surface area contributed by atoms with E-state index < -0.39 is 0 Å². The number of hydrogen-bond acceptors (Lipinski definition) is 3. The van der Waals surface area contributed by atoms with Gasteiger partial charge in [0.05, 0.1) is 0 Å². The third-order valence-electron chi connectivity index (χ3n) is 3.35. The molecule has 1 aliphatic heterocycles. The van der Waals surface area contributed by atoms with Crippen LogP contribution in [0, 0.1) is 5.92 Å². The summed E-state index contributed by atoms with van der Waals surface area (Å²) in [5.41, 5.74) is 1.09. The maximum Gasteiger partial charge on any atom is 0.138 e. The van der Waals surface area contributed by atoms with Crippen LogP contribution in [0.3, 0.4) is 0 Å². The molecular formula is C13H20ClN3. The molecule has 0 bridgehead atoms. The van der Waals surface area contributed by atoms with Gasteiger partial charge in [-0.2, -0.15) is 0 Å². The van der Waals surface area contributed by atoms with Gasteiger partial charge < -0.3 is 4.90 Å². The fraction of sp³-hybridized carbons (Fsp3) is 0.692. The minimum absolute atomic E-state index is 0.357. The van der Waals surface area contributed by atoms with E-state index in [1.807, 2.05) is 0 Å². The molecule has 0 aromatic carbocycles. The molecule has 4 heteroatoms. The van der Waals surface area contributed by atoms with E-state index in [4.69, 9.17) is 11.6 Å². The molecule has 1 aliphatic rings. The van der Waals surface area contributed by atoms with Gasteiger partial charge >= 0.3 is 0 Å². The summed E-state index contributed by atoms with van der Waals surface area (Å²) < 4.78 is 0. The molecule has 1 atom stereocenters. The van der Waals surface area contributed by atoms with E-state index in [-0.39, 0.29) is 0 Å². The van der Waals surface area contributed by atoms with Gasteiger partial charge in [-0.1, -0.05) is 32.4 Å². The van der Waals surface area contributed by atoms with Gasteiger partial charge in [-0.05, 0) is 24.7 Å². The Morgan fingerprint density at radius 1 is 1.41 bits per heavy atom. The van der Waals surface area contributed by atoms with E-state index in [1.165, 1.54) is 12.8 Å². The first-order valence-electron chi connectivity index (χ1n) is 6.35. The molecule has 0 N–H and O–H groups in total. The molecule has 1 aromatic heterocycles. The van der Waals surface area contributed by atoms with Crippen LogP contribution in [-0.2, 0) is 0 Å². The molecule has 0 amide bonds. The number of piperidine rings is 1. The standard InChI is InChI=1S/C13H20ClN3/c1-9(2)11-12(14)15-8-16-13(11)17-6-4-5-10(3)7-17/h8-10H,4-7H2,1-3H3. The molecule has 17 heavy (non-hydrogen) atoms. The number of anilines is 1. The van der Waals surface area contributed by atoms with Crippen LogP contribution in [0.25, 0.3) is 0 Å². The number of hydrogen-bond donors (Lipinski definition) is 0. The quantitative estimate of drug-likeness (QED) is 0.756. The van der Waals surface area contributed by atoms with Crippen LogP contribution in [0.5, 0.6) is 0 Å². The summed E-state index contributed by atoms with van der Waals surface area (Å²) in [5.74, 6) is 2.12. The first-order chi connectivity index (χ1) is 8.09. The SMILES string of the molecule is CC1CCCN(c2ncnc(Cl)c2C(C)C)C1. The van der Waals surface area contributed by atoms with Crippen LogP contribution >= 0.6 is 11.6 Å². The van der Waals surface area contributed by atoms with Crippen molar-refractivity contribution in [3.63, 3.8) is 0 Å². The van der Waals surface area contributed by atoms with Gasteiger partial charge in [-0.25, -0.2) is 9.97 Å². The minimum Gasteiger partial charge on any atom is -0.356 e. The van der Waals surface area contributed by atoms with Gasteiger partial charge in [0, 0.05) is 18.7 Å². The van der Waals surface area contributed by atoms with Crippen LogP contribution in [0.2, 0.25) is 5.15 Å². The first kappa shape index (κ1) is 12.6. The number of rotatable bonds is 2. The van der Waals surface area contributed by atoms with Crippen molar-refractivity contribution in [2.75, 3.05) is 18.0 Å². The smallest absolute Gasteiger partial charge is 0.138 e. The zero-order valence-electron chi connectivity index (χ0n) is 10.8. The molecule has 3 nitrogen and oxygen atoms in total. The van der Waals surface area contributed by atoms with Crippen molar-refractivity contribution in [2.45, 2.75) is 39.5 Å². The van der Waals surface area contributed by atoms with Gasteiger partial charge in [-0.15, -0.1) is 0 Å². The molecule has 0 spiro atoms. The van der Waals surface area contributed by atoms with E-state index in [2.05, 4.69) is 35.6 Å². The lowest BCUT2D eigenvalue weighted by molar-refractivity contribution is 0.443. The van der Waals surface area contributed by atoms with Gasteiger partial charge in [0.2, 0.25) is 0 Å². The molecular weight excluding hydrogens is 234 g/mol. The van der Waals surface area contributed by atoms with Crippen LogP contribution < -0.4 is 4.90 Å². The van der Waals surface area contributed by atoms with Crippen molar-refractivity contribution < 1.29 is 0 Å². The second kappa shape index (κ2) is 5.21. The molecule has 0 aliphatic carbocycles. The highest BCUT2D eigenvalue weighted by Crippen LogP contribution is 2.32. The highest BCUT2D eigenvalue weighted by atomic mass is 35.5. The lowest BCUT2D eigenvalue weighted by Gasteiger charge is -2.33. The third-order valence-corrected chi connectivity index (χ3v) is 3.65. The monoisotopic (exact) mass is 253 g/mol. The summed E-state index contributed by atoms with van der Waals surface area (Å²) in [6.07, 6.45) is 4.12. The second-order valence-corrected chi connectivity index (χ2v) is 5.61. The Kier molecular flexibility index (Phi) is 3.87. The van der Waals surface area contributed by atoms with Gasteiger partial charge in [0.25, 0.3) is 0 Å². The largest absolute Gasteiger partial charge is 0.356 e. The van der Waals surface area contributed by atoms with E-state index in [1.54, 1.807) is 6.33 Å². The fourth-order valence-electron chi connectivity index (χ4n) is 2.50. The van der Waals surface area contributed by atoms with Crippen molar-refractivity contribution in [2.24, 2.45) is 5.92 Å². The Morgan fingerprint density at radius 3 is 2.82 bits per heavy atom. The van der Waals surface area contributed by atoms with Crippen LogP contribution in [-0.4, -0.2) is 23.1 Å². The lowest BCUT2D eigenvalue weighted by atomic mass is 9.98. The fourth-order valence-corrected chi connectivity index (χ4v) is 2.84. The molecule has 2 rings (SSSR count). The Bertz CT molecular complexity index is 392. The maximum atomic E-state index is 6.20. The molecule has 0 saturated carbocycles. The van der Waals surface area contributed by atoms with Crippen molar-refractivity contribution in [1.82, 2.24) is 9.97 Å². The maximum absolute atomic E-state index is 6.20. The van der Waals surface area contributed by atoms with E-state index >= 15 is 0 Å². The molecule has 1 aromatic rings. The Labute approximate surface area is 108 Å². The summed E-state index contributed by atoms with van der Waals surface area (Å²) in [6, 6.07) is 0. The molecule has 1 unspecified atom stereocenters. The van der Waals surface area contributed by atoms with Crippen molar-refractivity contribution >= 4 is 17.4 Å². The summed E-state index contributed by atoms with van der Waals surface area (Å²) >= 11 is 6.20. The summed E-state index contributed by atoms with van der Waals surface area (Å²) in [4.78, 5) is 10.9. The highest BCUT2D eigenvalue weighted by molar-refractivity contribution is 6.30. The van der Waals surface area contributed by atoms with Crippen LogP contribution in [0.15, 0.2) is 6.33 Å². The summed E-state index contributed by atoms with van der Waals surface area (Å²) in [6.45, 7) is 8.73. The zero-order valence-corrected chi connectivity index (χ0v) is 11.5. The van der Waals surface area contributed by atoms with Crippen LogP contribution in [0.1, 0.15) is 45.1 Å². The normalized spacial score (nSPS) is 21.0. The number of nitrogens with zero attached hydrogens (tertiary/aromatic N) is 3. The van der Waals surface area contributed by atoms with E-state index in [9.17, 15) is 0 Å². The Morgan fingerprint density at radius 2 is 2.18 bits per heavy atom. The molecule has 2 heterocycles. The van der Waals surface area contributed by atoms with Crippen LogP contribution in [0.4, 0.5) is 5.82 Å². The lowest BCUT2D eigenvalue weighted by Crippen LogP contribution is -2.35. The van der Waals surface area contributed by atoms with Gasteiger partial charge in [-0.3, -0.25) is 0 Å². The van der Waals surface area contributed by atoms with Crippen molar-refractivity contribution in [3.05, 3.63) is 17.0 Å². The average molecular weight is 254 g/mol. The minimum atomic E-state index is 0.357. The molecule has 1 fully saturated rings. The van der Waals surface area contributed by atoms with Crippen molar-refractivity contribution in [3.8, 4) is 0 Å². The second-order valence-electron chi connectivity index (χ2n) is 5.25. The third kappa shape index (κ3) is 2.71. The highest BCUT2D eigenvalue weighted by Gasteiger charge is 2.22. The zero-order chi connectivity index (χ0) is 12.4. The summed E-state index contributed by atoms with van der Waals surface area (Å²) in [5, 5.41) is 0.600.